The van der Waals surface area contributed by atoms with Gasteiger partial charge < -0.3 is 10.6 Å². The summed E-state index contributed by atoms with van der Waals surface area (Å²) in [5, 5.41) is 20.4. The Morgan fingerprint density at radius 3 is 2.44 bits per heavy atom. The van der Waals surface area contributed by atoms with Crippen molar-refractivity contribution in [3.05, 3.63) is 56.0 Å². The minimum Gasteiger partial charge on any atom is -0.381 e. The van der Waals surface area contributed by atoms with Crippen molar-refractivity contribution in [2.45, 2.75) is 20.8 Å². The monoisotopic (exact) mass is 393 g/mol. The van der Waals surface area contributed by atoms with Crippen LogP contribution in [0.3, 0.4) is 0 Å². The molecule has 1 aromatic heterocycles. The number of amides is 1. The topological polar surface area (TPSA) is 119 Å². The number of hydrogen-bond donors (Lipinski definition) is 2. The number of nitrogens with one attached hydrogen (secondary N) is 2. The van der Waals surface area contributed by atoms with Crippen LogP contribution in [0.4, 0.5) is 11.4 Å². The van der Waals surface area contributed by atoms with Crippen LogP contribution in [0.15, 0.2) is 35.3 Å². The summed E-state index contributed by atoms with van der Waals surface area (Å²) in [5.74, 6) is -0.0814. The zero-order chi connectivity index (χ0) is 20.2. The van der Waals surface area contributed by atoms with Crippen LogP contribution in [0, 0.1) is 15.5 Å². The van der Waals surface area contributed by atoms with Gasteiger partial charge in [0.2, 0.25) is 5.91 Å². The minimum absolute atomic E-state index is 0.0644. The van der Waals surface area contributed by atoms with Gasteiger partial charge in [-0.05, 0) is 12.1 Å². The average Bonchev–Trinajstić information content (AvgIpc) is 2.61. The summed E-state index contributed by atoms with van der Waals surface area (Å²) in [6, 6.07) is 5.39. The van der Waals surface area contributed by atoms with Gasteiger partial charge in [-0.2, -0.15) is 9.78 Å². The van der Waals surface area contributed by atoms with Gasteiger partial charge in [-0.25, -0.2) is 0 Å². The van der Waals surface area contributed by atoms with Crippen molar-refractivity contribution in [3.63, 3.8) is 0 Å². The van der Waals surface area contributed by atoms with Gasteiger partial charge in [0.15, 0.2) is 0 Å². The highest BCUT2D eigenvalue weighted by atomic mass is 35.5. The third-order valence-corrected chi connectivity index (χ3v) is 4.00. The van der Waals surface area contributed by atoms with Crippen LogP contribution in [0.5, 0.6) is 0 Å². The smallest absolute Gasteiger partial charge is 0.292 e. The molecule has 0 bridgehead atoms. The highest BCUT2D eigenvalue weighted by Crippen LogP contribution is 2.18. The molecule has 0 fully saturated rings. The van der Waals surface area contributed by atoms with Crippen molar-refractivity contribution >= 4 is 28.9 Å². The lowest BCUT2D eigenvalue weighted by Gasteiger charge is -2.18. The van der Waals surface area contributed by atoms with E-state index >= 15 is 0 Å². The third-order valence-electron chi connectivity index (χ3n) is 3.63. The average molecular weight is 394 g/mol. The number of nitro groups is 1. The molecular formula is C17H20ClN5O4. The highest BCUT2D eigenvalue weighted by Gasteiger charge is 2.20. The summed E-state index contributed by atoms with van der Waals surface area (Å²) in [6.45, 7) is 6.17. The first-order valence-electron chi connectivity index (χ1n) is 8.16. The number of carbonyl (C=O) groups is 1. The molecule has 2 N–H and O–H groups in total. The van der Waals surface area contributed by atoms with E-state index in [1.54, 1.807) is 0 Å². The summed E-state index contributed by atoms with van der Waals surface area (Å²) >= 11 is 6.11. The number of anilines is 1. The maximum Gasteiger partial charge on any atom is 0.292 e. The fourth-order valence-electron chi connectivity index (χ4n) is 2.09. The predicted octanol–water partition coefficient (Wildman–Crippen LogP) is 2.37. The lowest BCUT2D eigenvalue weighted by atomic mass is 9.96. The molecule has 2 rings (SSSR count). The predicted molar refractivity (Wildman–Crippen MR) is 102 cm³/mol. The molecule has 9 nitrogen and oxygen atoms in total. The first kappa shape index (κ1) is 20.4. The molecular weight excluding hydrogens is 374 g/mol. The molecule has 10 heteroatoms. The lowest BCUT2D eigenvalue weighted by Crippen LogP contribution is -2.37. The second-order valence-electron chi connectivity index (χ2n) is 6.80. The number of nitro benzene ring substituents is 1. The molecule has 0 spiro atoms. The van der Waals surface area contributed by atoms with E-state index in [-0.39, 0.29) is 16.6 Å². The lowest BCUT2D eigenvalue weighted by molar-refractivity contribution is -0.384. The Labute approximate surface area is 160 Å². The van der Waals surface area contributed by atoms with Crippen LogP contribution >= 0.6 is 11.6 Å². The molecule has 27 heavy (non-hydrogen) atoms. The molecule has 0 unspecified atom stereocenters. The van der Waals surface area contributed by atoms with Crippen LogP contribution in [0.25, 0.3) is 5.69 Å². The largest absolute Gasteiger partial charge is 0.381 e. The molecule has 0 radical (unpaired) electrons. The van der Waals surface area contributed by atoms with Crippen molar-refractivity contribution in [1.82, 2.24) is 15.1 Å². The number of halogens is 1. The van der Waals surface area contributed by atoms with Gasteiger partial charge in [-0.3, -0.25) is 19.7 Å². The Morgan fingerprint density at radius 1 is 1.26 bits per heavy atom. The Hall–Kier alpha value is -2.94. The summed E-state index contributed by atoms with van der Waals surface area (Å²) in [4.78, 5) is 34.4. The number of aromatic nitrogens is 2. The van der Waals surface area contributed by atoms with Crippen molar-refractivity contribution in [2.75, 3.05) is 18.4 Å². The number of hydrogen-bond acceptors (Lipinski definition) is 6. The molecule has 0 atom stereocenters. The Bertz CT molecular complexity index is 903. The van der Waals surface area contributed by atoms with Crippen molar-refractivity contribution in [3.8, 4) is 5.69 Å². The molecule has 1 heterocycles. The normalized spacial score (nSPS) is 11.1. The molecule has 0 saturated heterocycles. The van der Waals surface area contributed by atoms with E-state index < -0.39 is 15.9 Å². The van der Waals surface area contributed by atoms with Crippen molar-refractivity contribution in [1.29, 1.82) is 0 Å². The van der Waals surface area contributed by atoms with Gasteiger partial charge in [0.1, 0.15) is 5.02 Å². The molecule has 144 valence electrons. The standard InChI is InChI=1S/C17H20ClN5O4/c1-17(2,3)16(25)20-9-8-19-13-10-21-22(15(24)14(13)18)11-4-6-12(7-5-11)23(26)27/h4-7,10,19H,8-9H2,1-3H3,(H,20,25). The summed E-state index contributed by atoms with van der Waals surface area (Å²) in [5.41, 5.74) is -0.436. The fourth-order valence-corrected chi connectivity index (χ4v) is 2.29. The second-order valence-corrected chi connectivity index (χ2v) is 7.17. The molecule has 2 aromatic rings. The van der Waals surface area contributed by atoms with Crippen LogP contribution in [0.1, 0.15) is 20.8 Å². The molecule has 1 aromatic carbocycles. The van der Waals surface area contributed by atoms with E-state index in [4.69, 9.17) is 11.6 Å². The van der Waals surface area contributed by atoms with E-state index in [2.05, 4.69) is 15.7 Å². The maximum atomic E-state index is 12.4. The molecule has 0 saturated carbocycles. The summed E-state index contributed by atoms with van der Waals surface area (Å²) in [6.07, 6.45) is 1.39. The van der Waals surface area contributed by atoms with E-state index in [1.807, 2.05) is 20.8 Å². The van der Waals surface area contributed by atoms with E-state index in [1.165, 1.54) is 30.5 Å². The highest BCUT2D eigenvalue weighted by molar-refractivity contribution is 6.32. The molecule has 1 amide bonds. The Kier molecular flexibility index (Phi) is 6.17. The van der Waals surface area contributed by atoms with Crippen molar-refractivity contribution in [2.24, 2.45) is 5.41 Å². The van der Waals surface area contributed by atoms with Crippen LogP contribution in [-0.4, -0.2) is 33.7 Å². The van der Waals surface area contributed by atoms with Gasteiger partial charge in [-0.15, -0.1) is 0 Å². The van der Waals surface area contributed by atoms with E-state index in [9.17, 15) is 19.7 Å². The van der Waals surface area contributed by atoms with Crippen LogP contribution < -0.4 is 16.2 Å². The summed E-state index contributed by atoms with van der Waals surface area (Å²) in [7, 11) is 0. The van der Waals surface area contributed by atoms with Gasteiger partial charge in [0.05, 0.1) is 22.5 Å². The first-order chi connectivity index (χ1) is 12.6. The van der Waals surface area contributed by atoms with Crippen LogP contribution in [0.2, 0.25) is 5.02 Å². The minimum atomic E-state index is -0.561. The Balaban J connectivity index is 2.07. The number of carbonyl (C=O) groups excluding carboxylic acids is 1. The number of benzene rings is 1. The van der Waals surface area contributed by atoms with Gasteiger partial charge >= 0.3 is 0 Å². The molecule has 0 aliphatic carbocycles. The fraction of sp³-hybridized carbons (Fsp3) is 0.353. The SMILES string of the molecule is CC(C)(C)C(=O)NCCNc1cnn(-c2ccc([N+](=O)[O-])cc2)c(=O)c1Cl. The number of rotatable bonds is 6. The third kappa shape index (κ3) is 5.04. The second kappa shape index (κ2) is 8.17. The first-order valence-corrected chi connectivity index (χ1v) is 8.54. The Morgan fingerprint density at radius 2 is 1.89 bits per heavy atom. The summed E-state index contributed by atoms with van der Waals surface area (Å²) < 4.78 is 1.05. The van der Waals surface area contributed by atoms with E-state index in [0.717, 1.165) is 4.68 Å². The zero-order valence-corrected chi connectivity index (χ0v) is 15.9. The molecule has 0 aliphatic heterocycles. The van der Waals surface area contributed by atoms with E-state index in [0.29, 0.717) is 24.5 Å². The maximum absolute atomic E-state index is 12.4. The zero-order valence-electron chi connectivity index (χ0n) is 15.2. The van der Waals surface area contributed by atoms with Crippen LogP contribution in [-0.2, 0) is 4.79 Å². The van der Waals surface area contributed by atoms with Crippen molar-refractivity contribution < 1.29 is 9.72 Å². The number of non-ortho nitro benzene ring substituents is 1. The van der Waals surface area contributed by atoms with Gasteiger partial charge in [0.25, 0.3) is 11.2 Å². The quantitative estimate of drug-likeness (QED) is 0.441. The van der Waals surface area contributed by atoms with Gasteiger partial charge in [0, 0.05) is 30.6 Å². The molecule has 0 aliphatic rings. The number of nitrogens with zero attached hydrogens (tertiary/aromatic N) is 3. The van der Waals surface area contributed by atoms with Gasteiger partial charge in [-0.1, -0.05) is 32.4 Å².